The summed E-state index contributed by atoms with van der Waals surface area (Å²) in [6.07, 6.45) is 0.747. The van der Waals surface area contributed by atoms with Gasteiger partial charge >= 0.3 is 0 Å². The van der Waals surface area contributed by atoms with Crippen LogP contribution in [0, 0.1) is 6.92 Å². The van der Waals surface area contributed by atoms with E-state index in [-0.39, 0.29) is 11.7 Å². The molecule has 0 aliphatic carbocycles. The second kappa shape index (κ2) is 8.46. The van der Waals surface area contributed by atoms with E-state index in [0.717, 1.165) is 22.5 Å². The van der Waals surface area contributed by atoms with Crippen molar-refractivity contribution in [3.8, 4) is 17.1 Å². The normalized spacial score (nSPS) is 11.4. The molecule has 0 spiro atoms. The molecule has 28 heavy (non-hydrogen) atoms. The summed E-state index contributed by atoms with van der Waals surface area (Å²) in [7, 11) is 0. The Morgan fingerprint density at radius 2 is 1.82 bits per heavy atom. The van der Waals surface area contributed by atoms with Gasteiger partial charge in [-0.15, -0.1) is 0 Å². The fraction of sp³-hybridized carbons (Fsp3) is 0.381. The maximum Gasteiger partial charge on any atom is 0.280 e. The van der Waals surface area contributed by atoms with Gasteiger partial charge in [-0.1, -0.05) is 6.07 Å². The van der Waals surface area contributed by atoms with Crippen molar-refractivity contribution in [1.82, 2.24) is 19.7 Å². The quantitative estimate of drug-likeness (QED) is 0.563. The number of hydrogen-bond acceptors (Lipinski definition) is 4. The van der Waals surface area contributed by atoms with Crippen LogP contribution in [0.4, 0.5) is 8.78 Å². The largest absolute Gasteiger partial charge is 0.477 e. The first-order chi connectivity index (χ1) is 13.4. The smallest absolute Gasteiger partial charge is 0.280 e. The van der Waals surface area contributed by atoms with E-state index in [9.17, 15) is 8.78 Å². The molecule has 0 atom stereocenters. The second-order valence-electron chi connectivity index (χ2n) is 6.77. The third-order valence-electron chi connectivity index (χ3n) is 4.51. The highest BCUT2D eigenvalue weighted by molar-refractivity contribution is 5.70. The Hall–Kier alpha value is -2.83. The number of aromatic nitrogens is 4. The van der Waals surface area contributed by atoms with Crippen LogP contribution in [0.25, 0.3) is 11.3 Å². The van der Waals surface area contributed by atoms with E-state index >= 15 is 0 Å². The van der Waals surface area contributed by atoms with Crippen LogP contribution in [-0.2, 0) is 6.42 Å². The highest BCUT2D eigenvalue weighted by atomic mass is 19.3. The Bertz CT molecular complexity index is 953. The first kappa shape index (κ1) is 19.9. The third-order valence-corrected chi connectivity index (χ3v) is 4.51. The first-order valence-electron chi connectivity index (χ1n) is 9.32. The zero-order valence-corrected chi connectivity index (χ0v) is 16.5. The molecule has 0 aromatic carbocycles. The number of aryl methyl sites for hydroxylation is 1. The maximum atomic E-state index is 13.4. The lowest BCUT2D eigenvalue weighted by molar-refractivity contribution is 0.145. The molecule has 0 unspecified atom stereocenters. The van der Waals surface area contributed by atoms with Gasteiger partial charge in [0.2, 0.25) is 5.88 Å². The van der Waals surface area contributed by atoms with Crippen LogP contribution >= 0.6 is 0 Å². The molecule has 148 valence electrons. The maximum absolute atomic E-state index is 13.4. The van der Waals surface area contributed by atoms with Crippen molar-refractivity contribution in [3.63, 3.8) is 0 Å². The van der Waals surface area contributed by atoms with Crippen LogP contribution in [-0.4, -0.2) is 26.4 Å². The van der Waals surface area contributed by atoms with E-state index in [1.165, 1.54) is 6.20 Å². The van der Waals surface area contributed by atoms with Gasteiger partial charge in [-0.05, 0) is 51.5 Å². The van der Waals surface area contributed by atoms with Gasteiger partial charge in [0.25, 0.3) is 6.43 Å². The predicted molar refractivity (Wildman–Crippen MR) is 104 cm³/mol. The van der Waals surface area contributed by atoms with Gasteiger partial charge in [0, 0.05) is 30.4 Å². The Morgan fingerprint density at radius 3 is 2.50 bits per heavy atom. The van der Waals surface area contributed by atoms with Crippen LogP contribution in [0.5, 0.6) is 5.88 Å². The van der Waals surface area contributed by atoms with Crippen molar-refractivity contribution in [2.75, 3.05) is 6.61 Å². The van der Waals surface area contributed by atoms with Gasteiger partial charge in [0.1, 0.15) is 5.69 Å². The molecule has 7 heteroatoms. The molecule has 3 aromatic rings. The zero-order valence-electron chi connectivity index (χ0n) is 16.5. The zero-order chi connectivity index (χ0) is 20.3. The summed E-state index contributed by atoms with van der Waals surface area (Å²) in [5.74, 6) is 0.508. The molecule has 0 fully saturated rings. The van der Waals surface area contributed by atoms with Crippen molar-refractivity contribution in [2.24, 2.45) is 0 Å². The Kier molecular flexibility index (Phi) is 6.02. The average molecular weight is 386 g/mol. The molecule has 0 aliphatic heterocycles. The predicted octanol–water partition coefficient (Wildman–Crippen LogP) is 5.16. The van der Waals surface area contributed by atoms with Crippen LogP contribution in [0.3, 0.4) is 0 Å². The van der Waals surface area contributed by atoms with Gasteiger partial charge < -0.3 is 4.74 Å². The van der Waals surface area contributed by atoms with Gasteiger partial charge in [0.15, 0.2) is 0 Å². The molecule has 0 amide bonds. The van der Waals surface area contributed by atoms with Crippen molar-refractivity contribution in [1.29, 1.82) is 0 Å². The Balaban J connectivity index is 2.19. The molecular weight excluding hydrogens is 362 g/mol. The van der Waals surface area contributed by atoms with Crippen LogP contribution in [0.1, 0.15) is 55.8 Å². The molecule has 3 heterocycles. The lowest BCUT2D eigenvalue weighted by Gasteiger charge is -2.16. The summed E-state index contributed by atoms with van der Waals surface area (Å²) in [4.78, 5) is 8.23. The van der Waals surface area contributed by atoms with E-state index in [4.69, 9.17) is 4.74 Å². The molecule has 0 bridgehead atoms. The minimum absolute atomic E-state index is 0.0839. The number of nitrogens with zero attached hydrogens (tertiary/aromatic N) is 4. The van der Waals surface area contributed by atoms with E-state index < -0.39 is 6.43 Å². The van der Waals surface area contributed by atoms with E-state index in [0.29, 0.717) is 24.5 Å². The van der Waals surface area contributed by atoms with Gasteiger partial charge in [-0.25, -0.2) is 13.8 Å². The van der Waals surface area contributed by atoms with Crippen molar-refractivity contribution >= 4 is 0 Å². The summed E-state index contributed by atoms with van der Waals surface area (Å²) in [5, 5.41) is 4.68. The van der Waals surface area contributed by atoms with E-state index in [2.05, 4.69) is 15.1 Å². The van der Waals surface area contributed by atoms with Crippen LogP contribution in [0.2, 0.25) is 0 Å². The van der Waals surface area contributed by atoms with Crippen molar-refractivity contribution in [3.05, 3.63) is 59.2 Å². The van der Waals surface area contributed by atoms with Crippen molar-refractivity contribution < 1.29 is 13.5 Å². The molecule has 5 nitrogen and oxygen atoms in total. The molecule has 0 aliphatic rings. The number of halogens is 2. The topological polar surface area (TPSA) is 52.8 Å². The molecular formula is C21H24F2N4O. The standard InChI is InChI=1S/C21H24F2N4O/c1-5-28-21-16(9-7-11-25-21)19-17(14(4)26-27(19)13(2)3)12-15-8-6-10-24-18(15)20(22)23/h6-11,13,20H,5,12H2,1-4H3. The molecule has 3 aromatic heterocycles. The number of pyridine rings is 2. The third kappa shape index (κ3) is 3.88. The average Bonchev–Trinajstić information content (AvgIpc) is 2.99. The summed E-state index contributed by atoms with van der Waals surface area (Å²) in [6, 6.07) is 7.22. The number of ether oxygens (including phenoxy) is 1. The highest BCUT2D eigenvalue weighted by Gasteiger charge is 2.24. The number of hydrogen-bond donors (Lipinski definition) is 0. The molecule has 0 radical (unpaired) electrons. The van der Waals surface area contributed by atoms with Crippen LogP contribution in [0.15, 0.2) is 36.7 Å². The van der Waals surface area contributed by atoms with Gasteiger partial charge in [0.05, 0.1) is 23.6 Å². The van der Waals surface area contributed by atoms with Gasteiger partial charge in [-0.2, -0.15) is 5.10 Å². The summed E-state index contributed by atoms with van der Waals surface area (Å²) in [6.45, 7) is 8.34. The molecule has 3 rings (SSSR count). The SMILES string of the molecule is CCOc1ncccc1-c1c(Cc2cccnc2C(F)F)c(C)nn1C(C)C. The van der Waals surface area contributed by atoms with Crippen LogP contribution < -0.4 is 4.74 Å². The fourth-order valence-corrected chi connectivity index (χ4v) is 3.26. The minimum Gasteiger partial charge on any atom is -0.477 e. The fourth-order valence-electron chi connectivity index (χ4n) is 3.26. The second-order valence-corrected chi connectivity index (χ2v) is 6.77. The van der Waals surface area contributed by atoms with E-state index in [1.807, 2.05) is 44.5 Å². The molecule has 0 N–H and O–H groups in total. The molecule has 0 saturated heterocycles. The van der Waals surface area contributed by atoms with E-state index in [1.54, 1.807) is 18.3 Å². The highest BCUT2D eigenvalue weighted by Crippen LogP contribution is 2.36. The Morgan fingerprint density at radius 1 is 1.11 bits per heavy atom. The monoisotopic (exact) mass is 386 g/mol. The number of alkyl halides is 2. The number of rotatable bonds is 7. The minimum atomic E-state index is -2.63. The van der Waals surface area contributed by atoms with Gasteiger partial charge in [-0.3, -0.25) is 9.67 Å². The lowest BCUT2D eigenvalue weighted by Crippen LogP contribution is -2.08. The molecule has 0 saturated carbocycles. The lowest BCUT2D eigenvalue weighted by atomic mass is 9.98. The summed E-state index contributed by atoms with van der Waals surface area (Å²) >= 11 is 0. The summed E-state index contributed by atoms with van der Waals surface area (Å²) < 4.78 is 34.5. The Labute approximate surface area is 163 Å². The van der Waals surface area contributed by atoms with Crippen molar-refractivity contribution in [2.45, 2.75) is 46.6 Å². The summed E-state index contributed by atoms with van der Waals surface area (Å²) in [5.41, 5.74) is 3.61. The first-order valence-corrected chi connectivity index (χ1v) is 9.32.